The molecule has 0 aliphatic heterocycles. The van der Waals surface area contributed by atoms with E-state index in [0.717, 1.165) is 4.68 Å². The molecule has 0 aliphatic carbocycles. The fraction of sp³-hybridized carbons (Fsp3) is 0.154. The van der Waals surface area contributed by atoms with Gasteiger partial charge in [-0.15, -0.1) is 0 Å². The van der Waals surface area contributed by atoms with Gasteiger partial charge in [0.2, 0.25) is 5.16 Å². The van der Waals surface area contributed by atoms with Gasteiger partial charge in [-0.25, -0.2) is 4.68 Å². The minimum absolute atomic E-state index is 0.543. The monoisotopic (exact) mass is 300 g/mol. The molecule has 100 valence electrons. The first-order valence-corrected chi connectivity index (χ1v) is 6.69. The van der Waals surface area contributed by atoms with Crippen LogP contribution < -0.4 is 0 Å². The summed E-state index contributed by atoms with van der Waals surface area (Å²) in [5, 5.41) is 3.51. The van der Waals surface area contributed by atoms with E-state index in [1.165, 1.54) is 0 Å². The Labute approximate surface area is 119 Å². The van der Waals surface area contributed by atoms with Crippen LogP contribution in [0.25, 0.3) is 5.95 Å². The number of nitrogens with zero attached hydrogens (tertiary/aromatic N) is 2. The molecule has 2 aromatic rings. The number of aryl methyl sites for hydroxylation is 2. The van der Waals surface area contributed by atoms with Crippen LogP contribution >= 0.6 is 23.4 Å². The van der Waals surface area contributed by atoms with Crippen LogP contribution in [0.15, 0.2) is 40.4 Å². The average molecular weight is 301 g/mol. The minimum atomic E-state index is -1.01. The van der Waals surface area contributed by atoms with Crippen LogP contribution in [0.3, 0.4) is 0 Å². The molecule has 0 saturated carbocycles. The van der Waals surface area contributed by atoms with Gasteiger partial charge in [-0.1, -0.05) is 23.4 Å². The number of rotatable bonds is 3. The van der Waals surface area contributed by atoms with Crippen molar-refractivity contribution in [2.75, 3.05) is 0 Å². The second-order valence-electron chi connectivity index (χ2n) is 3.96. The molecule has 0 N–H and O–H groups in total. The molecule has 0 bridgehead atoms. The molecule has 0 saturated heterocycles. The van der Waals surface area contributed by atoms with Gasteiger partial charge in [0.1, 0.15) is 0 Å². The number of hydrogen-bond acceptors (Lipinski definition) is 2. The van der Waals surface area contributed by atoms with Gasteiger partial charge < -0.3 is 0 Å². The van der Waals surface area contributed by atoms with E-state index < -0.39 is 11.1 Å². The Bertz CT molecular complexity index is 620. The third-order valence-corrected chi connectivity index (χ3v) is 3.49. The normalized spacial score (nSPS) is 12.5. The Morgan fingerprint density at radius 2 is 1.84 bits per heavy atom. The summed E-state index contributed by atoms with van der Waals surface area (Å²) in [6, 6.07) is 8.18. The van der Waals surface area contributed by atoms with Gasteiger partial charge in [0.05, 0.1) is 5.69 Å². The van der Waals surface area contributed by atoms with E-state index in [0.29, 0.717) is 33.1 Å². The lowest BCUT2D eigenvalue weighted by Gasteiger charge is -2.03. The molecule has 2 nitrogen and oxygen atoms in total. The maximum atomic E-state index is 13.9. The van der Waals surface area contributed by atoms with Crippen LogP contribution in [0, 0.1) is 13.8 Å². The third-order valence-electron chi connectivity index (χ3n) is 2.38. The van der Waals surface area contributed by atoms with Crippen LogP contribution in [-0.4, -0.2) is 9.78 Å². The van der Waals surface area contributed by atoms with Crippen molar-refractivity contribution >= 4 is 29.3 Å². The summed E-state index contributed by atoms with van der Waals surface area (Å²) in [6.45, 7) is 3.39. The summed E-state index contributed by atoms with van der Waals surface area (Å²) in [5.41, 5.74) is 1.18. The van der Waals surface area contributed by atoms with Gasteiger partial charge in [0, 0.05) is 15.6 Å². The fourth-order valence-corrected chi connectivity index (χ4v) is 2.33. The van der Waals surface area contributed by atoms with Crippen LogP contribution in [0.2, 0.25) is 5.02 Å². The predicted octanol–water partition coefficient (Wildman–Crippen LogP) is 4.97. The highest BCUT2D eigenvalue weighted by atomic mass is 35.5. The molecule has 19 heavy (non-hydrogen) atoms. The molecule has 6 heteroatoms. The van der Waals surface area contributed by atoms with Crippen molar-refractivity contribution in [3.05, 3.63) is 51.9 Å². The molecule has 0 fully saturated rings. The second kappa shape index (κ2) is 5.75. The molecule has 0 aliphatic rings. The Hall–Kier alpha value is -1.33. The molecule has 2 rings (SSSR count). The zero-order chi connectivity index (χ0) is 14.0. The largest absolute Gasteiger partial charge is 0.257 e. The van der Waals surface area contributed by atoms with E-state index in [2.05, 4.69) is 5.10 Å². The lowest BCUT2D eigenvalue weighted by atomic mass is 10.4. The highest BCUT2D eigenvalue weighted by Gasteiger charge is 2.13. The van der Waals surface area contributed by atoms with Crippen molar-refractivity contribution in [1.29, 1.82) is 0 Å². The molecular weight excluding hydrogens is 290 g/mol. The number of benzene rings is 1. The van der Waals surface area contributed by atoms with E-state index in [1.807, 2.05) is 0 Å². The molecule has 1 heterocycles. The van der Waals surface area contributed by atoms with Crippen molar-refractivity contribution in [2.45, 2.75) is 18.7 Å². The van der Waals surface area contributed by atoms with Crippen molar-refractivity contribution in [2.24, 2.45) is 0 Å². The number of aromatic nitrogens is 2. The first kappa shape index (κ1) is 14.1. The Morgan fingerprint density at radius 3 is 2.37 bits per heavy atom. The Kier molecular flexibility index (Phi) is 4.27. The quantitative estimate of drug-likeness (QED) is 0.745. The first-order chi connectivity index (χ1) is 8.97. The van der Waals surface area contributed by atoms with Crippen LogP contribution in [0.4, 0.5) is 8.78 Å². The van der Waals surface area contributed by atoms with Crippen LogP contribution in [-0.2, 0) is 0 Å². The summed E-state index contributed by atoms with van der Waals surface area (Å²) in [4.78, 5) is 0.568. The molecule has 0 amide bonds. The van der Waals surface area contributed by atoms with Crippen molar-refractivity contribution < 1.29 is 8.78 Å². The molecule has 1 aromatic heterocycles. The van der Waals surface area contributed by atoms with Gasteiger partial charge in [-0.3, -0.25) is 0 Å². The molecule has 0 unspecified atom stereocenters. The van der Waals surface area contributed by atoms with E-state index in [4.69, 9.17) is 11.6 Å². The fourth-order valence-electron chi connectivity index (χ4n) is 1.56. The highest BCUT2D eigenvalue weighted by Crippen LogP contribution is 2.33. The second-order valence-corrected chi connectivity index (χ2v) is 5.43. The zero-order valence-electron chi connectivity index (χ0n) is 10.3. The Balaban J connectivity index is 2.26. The lowest BCUT2D eigenvalue weighted by molar-refractivity contribution is 0.588. The lowest BCUT2D eigenvalue weighted by Crippen LogP contribution is -1.98. The molecule has 1 aromatic carbocycles. The average Bonchev–Trinajstić information content (AvgIpc) is 2.70. The van der Waals surface area contributed by atoms with Gasteiger partial charge >= 0.3 is 0 Å². The molecule has 0 atom stereocenters. The number of thioether (sulfide) groups is 1. The third kappa shape index (κ3) is 3.36. The maximum absolute atomic E-state index is 13.9. The van der Waals surface area contributed by atoms with Crippen molar-refractivity contribution in [3.63, 3.8) is 0 Å². The molecule has 0 radical (unpaired) electrons. The van der Waals surface area contributed by atoms with E-state index in [-0.39, 0.29) is 0 Å². The van der Waals surface area contributed by atoms with E-state index in [9.17, 15) is 8.78 Å². The highest BCUT2D eigenvalue weighted by molar-refractivity contribution is 8.03. The van der Waals surface area contributed by atoms with Gasteiger partial charge in [-0.2, -0.15) is 13.9 Å². The minimum Gasteiger partial charge on any atom is -0.208 e. The van der Waals surface area contributed by atoms with Crippen LogP contribution in [0.5, 0.6) is 0 Å². The van der Waals surface area contributed by atoms with Crippen molar-refractivity contribution in [1.82, 2.24) is 9.78 Å². The number of hydrogen-bond donors (Lipinski definition) is 0. The summed E-state index contributed by atoms with van der Waals surface area (Å²) in [7, 11) is 0. The maximum Gasteiger partial charge on any atom is 0.257 e. The number of halogens is 3. The van der Waals surface area contributed by atoms with Gasteiger partial charge in [-0.05, 0) is 44.2 Å². The summed E-state index contributed by atoms with van der Waals surface area (Å²) in [6.07, 6.45) is 0. The zero-order valence-corrected chi connectivity index (χ0v) is 11.9. The summed E-state index contributed by atoms with van der Waals surface area (Å²) < 4.78 is 28.7. The SMILES string of the molecule is Cc1cc(C)n(/C(F)=C(\F)Sc2ccc(Cl)cc2)n1. The summed E-state index contributed by atoms with van der Waals surface area (Å²) >= 11 is 6.42. The first-order valence-electron chi connectivity index (χ1n) is 5.49. The topological polar surface area (TPSA) is 17.8 Å². The van der Waals surface area contributed by atoms with Gasteiger partial charge in [0.25, 0.3) is 5.95 Å². The predicted molar refractivity (Wildman–Crippen MR) is 74.4 cm³/mol. The summed E-state index contributed by atoms with van der Waals surface area (Å²) in [5.74, 6) is -1.01. The van der Waals surface area contributed by atoms with E-state index >= 15 is 0 Å². The standard InChI is InChI=1S/C13H11ClF2N2S/c1-8-7-9(2)18(17-8)12(15)13(16)19-11-5-3-10(14)4-6-11/h3-7H,1-2H3/b13-12+. The van der Waals surface area contributed by atoms with E-state index in [1.54, 1.807) is 44.2 Å². The van der Waals surface area contributed by atoms with Crippen molar-refractivity contribution in [3.8, 4) is 0 Å². The van der Waals surface area contributed by atoms with Gasteiger partial charge in [0.15, 0.2) is 0 Å². The smallest absolute Gasteiger partial charge is 0.208 e. The molecular formula is C13H11ClF2N2S. The van der Waals surface area contributed by atoms with Crippen LogP contribution in [0.1, 0.15) is 11.4 Å². The Morgan fingerprint density at radius 1 is 1.21 bits per heavy atom. The molecule has 0 spiro atoms.